The SMILES string of the molecule is CCC(C)NC(=NCC(C)N1CCOCC1)NCCc1ccco1. The van der Waals surface area contributed by atoms with E-state index in [0.29, 0.717) is 12.1 Å². The van der Waals surface area contributed by atoms with Crippen LogP contribution in [0.5, 0.6) is 0 Å². The Kier molecular flexibility index (Phi) is 8.12. The Labute approximate surface area is 145 Å². The second kappa shape index (κ2) is 10.4. The Balaban J connectivity index is 1.83. The van der Waals surface area contributed by atoms with Crippen LogP contribution < -0.4 is 10.6 Å². The molecule has 0 amide bonds. The maximum atomic E-state index is 5.42. The van der Waals surface area contributed by atoms with Gasteiger partial charge in [-0.25, -0.2) is 0 Å². The number of hydrogen-bond donors (Lipinski definition) is 2. The monoisotopic (exact) mass is 336 g/mol. The fraction of sp³-hybridized carbons (Fsp3) is 0.722. The van der Waals surface area contributed by atoms with Gasteiger partial charge in [0.25, 0.3) is 0 Å². The summed E-state index contributed by atoms with van der Waals surface area (Å²) in [5, 5.41) is 6.89. The standard InChI is InChI=1S/C18H32N4O2/c1-4-15(2)21-18(19-8-7-17-6-5-11-24-17)20-14-16(3)22-9-12-23-13-10-22/h5-6,11,15-16H,4,7-10,12-14H2,1-3H3,(H2,19,20,21). The molecule has 24 heavy (non-hydrogen) atoms. The van der Waals surface area contributed by atoms with Crippen molar-refractivity contribution in [2.24, 2.45) is 4.99 Å². The largest absolute Gasteiger partial charge is 0.469 e. The minimum Gasteiger partial charge on any atom is -0.469 e. The van der Waals surface area contributed by atoms with Gasteiger partial charge in [0.1, 0.15) is 5.76 Å². The number of ether oxygens (including phenoxy) is 1. The highest BCUT2D eigenvalue weighted by atomic mass is 16.5. The van der Waals surface area contributed by atoms with Crippen LogP contribution in [0.2, 0.25) is 0 Å². The molecule has 2 unspecified atom stereocenters. The highest BCUT2D eigenvalue weighted by Gasteiger charge is 2.16. The predicted molar refractivity (Wildman–Crippen MR) is 97.5 cm³/mol. The van der Waals surface area contributed by atoms with E-state index in [4.69, 9.17) is 14.1 Å². The molecule has 6 heteroatoms. The first kappa shape index (κ1) is 18.8. The molecule has 0 aromatic carbocycles. The maximum absolute atomic E-state index is 5.42. The van der Waals surface area contributed by atoms with Crippen molar-refractivity contribution in [3.8, 4) is 0 Å². The second-order valence-electron chi connectivity index (χ2n) is 6.40. The molecule has 2 heterocycles. The molecule has 136 valence electrons. The minimum atomic E-state index is 0.401. The molecule has 1 aromatic rings. The van der Waals surface area contributed by atoms with E-state index in [-0.39, 0.29) is 0 Å². The highest BCUT2D eigenvalue weighted by Crippen LogP contribution is 2.04. The lowest BCUT2D eigenvalue weighted by atomic mass is 10.2. The number of guanidine groups is 1. The zero-order valence-corrected chi connectivity index (χ0v) is 15.3. The number of nitrogens with one attached hydrogen (secondary N) is 2. The van der Waals surface area contributed by atoms with Crippen LogP contribution >= 0.6 is 0 Å². The molecule has 1 aliphatic heterocycles. The lowest BCUT2D eigenvalue weighted by Gasteiger charge is -2.31. The molecule has 2 N–H and O–H groups in total. The fourth-order valence-corrected chi connectivity index (χ4v) is 2.60. The van der Waals surface area contributed by atoms with E-state index in [1.165, 1.54) is 0 Å². The Bertz CT molecular complexity index is 469. The molecule has 2 rings (SSSR count). The van der Waals surface area contributed by atoms with Crippen molar-refractivity contribution in [3.63, 3.8) is 0 Å². The van der Waals surface area contributed by atoms with Crippen LogP contribution in [0, 0.1) is 0 Å². The van der Waals surface area contributed by atoms with Gasteiger partial charge in [0.05, 0.1) is 26.0 Å². The number of rotatable bonds is 8. The second-order valence-corrected chi connectivity index (χ2v) is 6.40. The third kappa shape index (κ3) is 6.53. The summed E-state index contributed by atoms with van der Waals surface area (Å²) < 4.78 is 10.8. The Morgan fingerprint density at radius 1 is 1.33 bits per heavy atom. The fourth-order valence-electron chi connectivity index (χ4n) is 2.60. The highest BCUT2D eigenvalue weighted by molar-refractivity contribution is 5.80. The van der Waals surface area contributed by atoms with Crippen LogP contribution in [0.4, 0.5) is 0 Å². The quantitative estimate of drug-likeness (QED) is 0.561. The molecule has 0 bridgehead atoms. The van der Waals surface area contributed by atoms with Crippen molar-refractivity contribution in [3.05, 3.63) is 24.2 Å². The van der Waals surface area contributed by atoms with E-state index < -0.39 is 0 Å². The average Bonchev–Trinajstić information content (AvgIpc) is 3.13. The third-order valence-electron chi connectivity index (χ3n) is 4.42. The summed E-state index contributed by atoms with van der Waals surface area (Å²) in [6.07, 6.45) is 3.64. The Hall–Kier alpha value is -1.53. The molecule has 6 nitrogen and oxygen atoms in total. The molecule has 0 aliphatic carbocycles. The topological polar surface area (TPSA) is 62.0 Å². The molecule has 1 saturated heterocycles. The first-order chi connectivity index (χ1) is 11.7. The number of aliphatic imine (C=N–C) groups is 1. The van der Waals surface area contributed by atoms with Gasteiger partial charge in [0.15, 0.2) is 5.96 Å². The number of nitrogens with zero attached hydrogens (tertiary/aromatic N) is 2. The van der Waals surface area contributed by atoms with Gasteiger partial charge in [-0.05, 0) is 32.4 Å². The number of morpholine rings is 1. The molecule has 0 saturated carbocycles. The molecule has 1 aliphatic rings. The molecule has 2 atom stereocenters. The van der Waals surface area contributed by atoms with E-state index in [1.807, 2.05) is 12.1 Å². The van der Waals surface area contributed by atoms with Crippen LogP contribution in [0.1, 0.15) is 33.0 Å². The predicted octanol–water partition coefficient (Wildman–Crippen LogP) is 1.88. The van der Waals surface area contributed by atoms with Gasteiger partial charge in [-0.3, -0.25) is 9.89 Å². The number of hydrogen-bond acceptors (Lipinski definition) is 4. The molecular weight excluding hydrogens is 304 g/mol. The van der Waals surface area contributed by atoms with Crippen molar-refractivity contribution in [1.82, 2.24) is 15.5 Å². The lowest BCUT2D eigenvalue weighted by Crippen LogP contribution is -2.46. The maximum Gasteiger partial charge on any atom is 0.191 e. The Morgan fingerprint density at radius 3 is 2.79 bits per heavy atom. The van der Waals surface area contributed by atoms with Gasteiger partial charge in [-0.1, -0.05) is 6.92 Å². The molecule has 0 radical (unpaired) electrons. The van der Waals surface area contributed by atoms with E-state index >= 15 is 0 Å². The first-order valence-electron chi connectivity index (χ1n) is 9.08. The summed E-state index contributed by atoms with van der Waals surface area (Å²) >= 11 is 0. The van der Waals surface area contributed by atoms with Crippen molar-refractivity contribution >= 4 is 5.96 Å². The van der Waals surface area contributed by atoms with Crippen molar-refractivity contribution in [1.29, 1.82) is 0 Å². The normalized spacial score (nSPS) is 19.0. The molecule has 0 spiro atoms. The summed E-state index contributed by atoms with van der Waals surface area (Å²) in [5.74, 6) is 1.88. The van der Waals surface area contributed by atoms with Crippen molar-refractivity contribution in [2.45, 2.75) is 45.7 Å². The van der Waals surface area contributed by atoms with E-state index in [2.05, 4.69) is 36.3 Å². The van der Waals surface area contributed by atoms with E-state index in [0.717, 1.165) is 64.0 Å². The third-order valence-corrected chi connectivity index (χ3v) is 4.42. The van der Waals surface area contributed by atoms with Gasteiger partial charge in [-0.15, -0.1) is 0 Å². The molecule has 1 aromatic heterocycles. The van der Waals surface area contributed by atoms with Crippen molar-refractivity contribution in [2.75, 3.05) is 39.4 Å². The van der Waals surface area contributed by atoms with E-state index in [9.17, 15) is 0 Å². The minimum absolute atomic E-state index is 0.401. The van der Waals surface area contributed by atoms with Crippen LogP contribution in [0.25, 0.3) is 0 Å². The number of furan rings is 1. The smallest absolute Gasteiger partial charge is 0.191 e. The Morgan fingerprint density at radius 2 is 2.12 bits per heavy atom. The zero-order chi connectivity index (χ0) is 17.2. The van der Waals surface area contributed by atoms with Crippen LogP contribution in [0.3, 0.4) is 0 Å². The van der Waals surface area contributed by atoms with Crippen LogP contribution in [-0.4, -0.2) is 62.3 Å². The van der Waals surface area contributed by atoms with Crippen LogP contribution in [0.15, 0.2) is 27.8 Å². The van der Waals surface area contributed by atoms with Crippen molar-refractivity contribution < 1.29 is 9.15 Å². The van der Waals surface area contributed by atoms with Gasteiger partial charge in [-0.2, -0.15) is 0 Å². The van der Waals surface area contributed by atoms with Gasteiger partial charge in [0.2, 0.25) is 0 Å². The average molecular weight is 336 g/mol. The van der Waals surface area contributed by atoms with E-state index in [1.54, 1.807) is 6.26 Å². The van der Waals surface area contributed by atoms with Gasteiger partial charge < -0.3 is 19.8 Å². The summed E-state index contributed by atoms with van der Waals surface area (Å²) in [4.78, 5) is 7.23. The van der Waals surface area contributed by atoms with Gasteiger partial charge in [0, 0.05) is 38.1 Å². The molecular formula is C18H32N4O2. The summed E-state index contributed by atoms with van der Waals surface area (Å²) in [5.41, 5.74) is 0. The summed E-state index contributed by atoms with van der Waals surface area (Å²) in [6.45, 7) is 11.8. The summed E-state index contributed by atoms with van der Waals surface area (Å²) in [7, 11) is 0. The summed E-state index contributed by atoms with van der Waals surface area (Å²) in [6, 6.07) is 4.75. The van der Waals surface area contributed by atoms with Crippen LogP contribution in [-0.2, 0) is 11.2 Å². The molecule has 1 fully saturated rings. The van der Waals surface area contributed by atoms with Gasteiger partial charge >= 0.3 is 0 Å². The zero-order valence-electron chi connectivity index (χ0n) is 15.3. The lowest BCUT2D eigenvalue weighted by molar-refractivity contribution is 0.0220. The first-order valence-corrected chi connectivity index (χ1v) is 9.08.